The fourth-order valence-corrected chi connectivity index (χ4v) is 4.44. The zero-order valence-electron chi connectivity index (χ0n) is 16.1. The molecular weight excluding hydrogens is 320 g/mol. The van der Waals surface area contributed by atoms with Crippen LogP contribution in [0, 0.1) is 12.8 Å². The average molecular weight is 357 g/mol. The van der Waals surface area contributed by atoms with Gasteiger partial charge in [-0.15, -0.1) is 0 Å². The first-order valence-corrected chi connectivity index (χ1v) is 11.1. The summed E-state index contributed by atoms with van der Waals surface area (Å²) in [5.74, 6) is 1.22. The first-order chi connectivity index (χ1) is 11.4. The third kappa shape index (κ3) is 11.6. The molecule has 0 saturated carbocycles. The second-order valence-corrected chi connectivity index (χ2v) is 8.43. The summed E-state index contributed by atoms with van der Waals surface area (Å²) < 4.78 is 26.6. The van der Waals surface area contributed by atoms with Crippen LogP contribution in [0.1, 0.15) is 58.9 Å². The molecule has 0 amide bonds. The maximum Gasteiger partial charge on any atom is 0.150 e. The lowest BCUT2D eigenvalue weighted by molar-refractivity contribution is 0.108. The van der Waals surface area contributed by atoms with Crippen LogP contribution in [0.25, 0.3) is 0 Å². The molecule has 4 heteroatoms. The average Bonchev–Trinajstić information content (AvgIpc) is 3.20. The second-order valence-electron chi connectivity index (χ2n) is 6.21. The molecule has 0 spiro atoms. The zero-order chi connectivity index (χ0) is 18.4. The van der Waals surface area contributed by atoms with Gasteiger partial charge in [-0.3, -0.25) is 0 Å². The van der Waals surface area contributed by atoms with Crippen LogP contribution < -0.4 is 0 Å². The Labute approximate surface area is 149 Å². The van der Waals surface area contributed by atoms with Crippen molar-refractivity contribution in [1.29, 1.82) is 0 Å². The van der Waals surface area contributed by atoms with Gasteiger partial charge in [-0.2, -0.15) is 0 Å². The minimum atomic E-state index is -2.60. The fourth-order valence-electron chi connectivity index (χ4n) is 2.48. The molecule has 140 valence electrons. The molecule has 2 atom stereocenters. The lowest BCUT2D eigenvalue weighted by Crippen LogP contribution is -2.01. The number of rotatable bonds is 1. The number of hydrogen-bond acceptors (Lipinski definition) is 3. The van der Waals surface area contributed by atoms with Gasteiger partial charge < -0.3 is 4.74 Å². The Kier molecular flexibility index (Phi) is 12.9. The molecule has 0 aromatic heterocycles. The van der Waals surface area contributed by atoms with E-state index in [2.05, 4.69) is 26.0 Å². The van der Waals surface area contributed by atoms with Crippen molar-refractivity contribution < 1.29 is 13.2 Å². The predicted octanol–water partition coefficient (Wildman–Crippen LogP) is 5.04. The van der Waals surface area contributed by atoms with E-state index in [0.717, 1.165) is 13.0 Å². The second kappa shape index (κ2) is 13.4. The van der Waals surface area contributed by atoms with E-state index in [0.29, 0.717) is 23.5 Å². The zero-order valence-corrected chi connectivity index (χ0v) is 16.9. The Bertz CT molecular complexity index is 491. The van der Waals surface area contributed by atoms with Crippen LogP contribution in [0.2, 0.25) is 0 Å². The Morgan fingerprint density at radius 2 is 1.75 bits per heavy atom. The fraction of sp³-hybridized carbons (Fsp3) is 0.700. The highest BCUT2D eigenvalue weighted by Crippen LogP contribution is 2.16. The van der Waals surface area contributed by atoms with E-state index in [9.17, 15) is 8.42 Å². The molecule has 3 nitrogen and oxygen atoms in total. The molecule has 1 aromatic carbocycles. The van der Waals surface area contributed by atoms with E-state index in [1.807, 2.05) is 39.0 Å². The number of hydrogen-bond donors (Lipinski definition) is 0. The number of ether oxygens (including phenoxy) is 1. The van der Waals surface area contributed by atoms with Gasteiger partial charge in [-0.05, 0) is 38.5 Å². The molecule has 0 radical (unpaired) electrons. The van der Waals surface area contributed by atoms with Gasteiger partial charge in [0.1, 0.15) is 0 Å². The number of benzene rings is 1. The van der Waals surface area contributed by atoms with Crippen LogP contribution >= 0.6 is 0 Å². The standard InChI is InChI=1S/C7H8.C6H12O.C5H10O2S.C2H6/c1-7-5-3-2-4-6-7;1-2-6-4-3-5-7-6;1-5-2-3-8(6,7)4-5;1-2/h2-6H,1H3;6H,2-5H2,1H3;5H,2-4H2,1H3;1-2H3. The summed E-state index contributed by atoms with van der Waals surface area (Å²) in [6, 6.07) is 10.3. The van der Waals surface area contributed by atoms with Gasteiger partial charge in [0.05, 0.1) is 17.6 Å². The van der Waals surface area contributed by atoms with Crippen molar-refractivity contribution in [3.63, 3.8) is 0 Å². The van der Waals surface area contributed by atoms with Crippen molar-refractivity contribution in [2.45, 2.75) is 66.4 Å². The minimum Gasteiger partial charge on any atom is -0.378 e. The van der Waals surface area contributed by atoms with E-state index in [-0.39, 0.29) is 0 Å². The van der Waals surface area contributed by atoms with Crippen LogP contribution in [-0.2, 0) is 14.6 Å². The summed E-state index contributed by atoms with van der Waals surface area (Å²) in [4.78, 5) is 0. The lowest BCUT2D eigenvalue weighted by Gasteiger charge is -2.01. The topological polar surface area (TPSA) is 43.4 Å². The summed E-state index contributed by atoms with van der Waals surface area (Å²) >= 11 is 0. The quantitative estimate of drug-likeness (QED) is 0.708. The van der Waals surface area contributed by atoms with Gasteiger partial charge in [0.2, 0.25) is 0 Å². The van der Waals surface area contributed by atoms with Gasteiger partial charge in [-0.1, -0.05) is 63.6 Å². The molecule has 2 aliphatic rings. The largest absolute Gasteiger partial charge is 0.378 e. The van der Waals surface area contributed by atoms with E-state index in [4.69, 9.17) is 4.74 Å². The van der Waals surface area contributed by atoms with E-state index >= 15 is 0 Å². The van der Waals surface area contributed by atoms with E-state index in [1.54, 1.807) is 0 Å². The van der Waals surface area contributed by atoms with Crippen molar-refractivity contribution in [3.8, 4) is 0 Å². The normalized spacial score (nSPS) is 23.7. The molecule has 24 heavy (non-hydrogen) atoms. The summed E-state index contributed by atoms with van der Waals surface area (Å²) in [7, 11) is -2.60. The Morgan fingerprint density at radius 1 is 1.12 bits per heavy atom. The maximum absolute atomic E-state index is 10.6. The number of aryl methyl sites for hydroxylation is 1. The van der Waals surface area contributed by atoms with Crippen LogP contribution in [0.4, 0.5) is 0 Å². The van der Waals surface area contributed by atoms with Gasteiger partial charge in [0, 0.05) is 6.61 Å². The van der Waals surface area contributed by atoms with E-state index in [1.165, 1.54) is 24.8 Å². The molecule has 2 saturated heterocycles. The smallest absolute Gasteiger partial charge is 0.150 e. The predicted molar refractivity (Wildman–Crippen MR) is 104 cm³/mol. The van der Waals surface area contributed by atoms with Crippen LogP contribution in [0.5, 0.6) is 0 Å². The molecule has 0 aliphatic carbocycles. The van der Waals surface area contributed by atoms with Crippen molar-refractivity contribution >= 4 is 9.84 Å². The monoisotopic (exact) mass is 356 g/mol. The van der Waals surface area contributed by atoms with E-state index < -0.39 is 9.84 Å². The van der Waals surface area contributed by atoms with Crippen molar-refractivity contribution in [2.75, 3.05) is 18.1 Å². The summed E-state index contributed by atoms with van der Waals surface area (Å²) in [5, 5.41) is 0. The minimum absolute atomic E-state index is 0.403. The Morgan fingerprint density at radius 3 is 1.96 bits per heavy atom. The van der Waals surface area contributed by atoms with Gasteiger partial charge in [0.25, 0.3) is 0 Å². The highest BCUT2D eigenvalue weighted by molar-refractivity contribution is 7.91. The molecule has 0 bridgehead atoms. The first kappa shape index (κ1) is 23.1. The summed E-state index contributed by atoms with van der Waals surface area (Å²) in [5.41, 5.74) is 1.32. The van der Waals surface area contributed by atoms with Crippen molar-refractivity contribution in [1.82, 2.24) is 0 Å². The molecule has 1 aromatic rings. The first-order valence-electron chi connectivity index (χ1n) is 9.26. The van der Waals surface area contributed by atoms with Crippen molar-refractivity contribution in [3.05, 3.63) is 35.9 Å². The summed E-state index contributed by atoms with van der Waals surface area (Å²) in [6.07, 6.45) is 5.22. The van der Waals surface area contributed by atoms with Crippen LogP contribution in [0.15, 0.2) is 30.3 Å². The molecule has 0 N–H and O–H groups in total. The van der Waals surface area contributed by atoms with Gasteiger partial charge >= 0.3 is 0 Å². The van der Waals surface area contributed by atoms with Crippen LogP contribution in [0.3, 0.4) is 0 Å². The highest BCUT2D eigenvalue weighted by atomic mass is 32.2. The lowest BCUT2D eigenvalue weighted by atomic mass is 10.2. The van der Waals surface area contributed by atoms with Crippen LogP contribution in [-0.4, -0.2) is 32.6 Å². The molecular formula is C20H36O3S. The van der Waals surface area contributed by atoms with Gasteiger partial charge in [-0.25, -0.2) is 8.42 Å². The van der Waals surface area contributed by atoms with Crippen molar-refractivity contribution in [2.24, 2.45) is 5.92 Å². The molecule has 2 fully saturated rings. The maximum atomic E-state index is 10.6. The molecule has 2 heterocycles. The SMILES string of the molecule is CC.CC1CCS(=O)(=O)C1.CCC1CCCO1.Cc1ccccc1. The molecule has 3 rings (SSSR count). The summed E-state index contributed by atoms with van der Waals surface area (Å²) in [6.45, 7) is 11.2. The Balaban J connectivity index is 0.000000315. The highest BCUT2D eigenvalue weighted by Gasteiger charge is 2.23. The molecule has 2 aliphatic heterocycles. The third-order valence-corrected chi connectivity index (χ3v) is 5.81. The van der Waals surface area contributed by atoms with Gasteiger partial charge in [0.15, 0.2) is 9.84 Å². The Hall–Kier alpha value is -0.870. The molecule has 2 unspecified atom stereocenters. The third-order valence-electron chi connectivity index (χ3n) is 3.88. The number of sulfone groups is 1.